The van der Waals surface area contributed by atoms with Crippen molar-refractivity contribution in [3.8, 4) is 0 Å². The fraction of sp³-hybridized carbons (Fsp3) is 0.583. The molecule has 2 rings (SSSR count). The summed E-state index contributed by atoms with van der Waals surface area (Å²) in [5, 5.41) is 6.41. The second kappa shape index (κ2) is 6.99. The number of thiophene rings is 1. The highest BCUT2D eigenvalue weighted by molar-refractivity contribution is 7.10. The highest BCUT2D eigenvalue weighted by Crippen LogP contribution is 2.26. The number of rotatable bonds is 4. The molecule has 0 aliphatic heterocycles. The molecular formula is C12H19ClN2OS. The molecule has 5 heteroatoms. The van der Waals surface area contributed by atoms with Gasteiger partial charge in [0.05, 0.1) is 5.71 Å². The Morgan fingerprint density at radius 3 is 3.00 bits per heavy atom. The molecule has 0 bridgehead atoms. The molecule has 1 aromatic heterocycles. The van der Waals surface area contributed by atoms with Crippen LogP contribution in [-0.4, -0.2) is 37.9 Å². The van der Waals surface area contributed by atoms with Crippen LogP contribution in [0.4, 0.5) is 0 Å². The van der Waals surface area contributed by atoms with Gasteiger partial charge in [0.2, 0.25) is 0 Å². The van der Waals surface area contributed by atoms with E-state index >= 15 is 0 Å². The van der Waals surface area contributed by atoms with Crippen molar-refractivity contribution in [1.29, 1.82) is 0 Å². The Kier molecular flexibility index (Phi) is 5.95. The second-order valence-electron chi connectivity index (χ2n) is 4.29. The molecule has 0 aromatic carbocycles. The fourth-order valence-corrected chi connectivity index (χ4v) is 2.73. The van der Waals surface area contributed by atoms with E-state index in [2.05, 4.69) is 21.5 Å². The lowest BCUT2D eigenvalue weighted by Crippen LogP contribution is -2.17. The molecule has 96 valence electrons. The Balaban J connectivity index is 0.00000144. The molecule has 0 N–H and O–H groups in total. The van der Waals surface area contributed by atoms with Crippen LogP contribution in [0.2, 0.25) is 0 Å². The van der Waals surface area contributed by atoms with E-state index in [9.17, 15) is 0 Å². The minimum Gasteiger partial charge on any atom is -0.394 e. The van der Waals surface area contributed by atoms with E-state index in [4.69, 9.17) is 4.84 Å². The summed E-state index contributed by atoms with van der Waals surface area (Å²) in [6.07, 6.45) is 3.44. The smallest absolute Gasteiger partial charge is 0.129 e. The van der Waals surface area contributed by atoms with Crippen LogP contribution in [-0.2, 0) is 11.3 Å². The van der Waals surface area contributed by atoms with Gasteiger partial charge in [0.25, 0.3) is 0 Å². The topological polar surface area (TPSA) is 24.8 Å². The highest BCUT2D eigenvalue weighted by Gasteiger charge is 2.16. The van der Waals surface area contributed by atoms with Crippen LogP contribution in [0, 0.1) is 0 Å². The summed E-state index contributed by atoms with van der Waals surface area (Å²) in [4.78, 5) is 8.91. The fourth-order valence-electron chi connectivity index (χ4n) is 1.78. The third kappa shape index (κ3) is 3.98. The van der Waals surface area contributed by atoms with Gasteiger partial charge >= 0.3 is 0 Å². The van der Waals surface area contributed by atoms with Crippen molar-refractivity contribution in [2.24, 2.45) is 5.16 Å². The van der Waals surface area contributed by atoms with Gasteiger partial charge in [0.1, 0.15) is 6.61 Å². The van der Waals surface area contributed by atoms with Crippen LogP contribution in [0.25, 0.3) is 0 Å². The van der Waals surface area contributed by atoms with E-state index in [-0.39, 0.29) is 12.4 Å². The van der Waals surface area contributed by atoms with E-state index in [1.807, 2.05) is 25.4 Å². The molecule has 3 nitrogen and oxygen atoms in total. The Labute approximate surface area is 113 Å². The maximum absolute atomic E-state index is 5.36. The Morgan fingerprint density at radius 2 is 2.24 bits per heavy atom. The number of aryl methyl sites for hydroxylation is 1. The van der Waals surface area contributed by atoms with Gasteiger partial charge in [0, 0.05) is 17.0 Å². The minimum atomic E-state index is 0. The monoisotopic (exact) mass is 274 g/mol. The quantitative estimate of drug-likeness (QED) is 0.623. The minimum absolute atomic E-state index is 0. The predicted molar refractivity (Wildman–Crippen MR) is 75.5 cm³/mol. The summed E-state index contributed by atoms with van der Waals surface area (Å²) in [6.45, 7) is 1.57. The summed E-state index contributed by atoms with van der Waals surface area (Å²) in [7, 11) is 4.07. The van der Waals surface area contributed by atoms with Crippen molar-refractivity contribution in [2.45, 2.75) is 19.3 Å². The number of nitrogens with zero attached hydrogens (tertiary/aromatic N) is 2. The van der Waals surface area contributed by atoms with Crippen molar-refractivity contribution >= 4 is 29.5 Å². The lowest BCUT2D eigenvalue weighted by Gasteiger charge is -2.13. The van der Waals surface area contributed by atoms with Crippen LogP contribution in [0.1, 0.15) is 23.3 Å². The van der Waals surface area contributed by atoms with Crippen molar-refractivity contribution in [3.63, 3.8) is 0 Å². The molecule has 1 heterocycles. The zero-order chi connectivity index (χ0) is 11.4. The van der Waals surface area contributed by atoms with Crippen molar-refractivity contribution in [3.05, 3.63) is 21.9 Å². The normalized spacial score (nSPS) is 16.8. The summed E-state index contributed by atoms with van der Waals surface area (Å²) >= 11 is 1.83. The first-order valence-electron chi connectivity index (χ1n) is 5.67. The maximum Gasteiger partial charge on any atom is 0.129 e. The van der Waals surface area contributed by atoms with Crippen molar-refractivity contribution in [2.75, 3.05) is 27.2 Å². The van der Waals surface area contributed by atoms with Crippen LogP contribution < -0.4 is 0 Å². The van der Waals surface area contributed by atoms with E-state index in [0.717, 1.165) is 18.7 Å². The molecule has 1 aliphatic rings. The molecule has 1 aromatic rings. The van der Waals surface area contributed by atoms with E-state index in [1.165, 1.54) is 23.3 Å². The van der Waals surface area contributed by atoms with Gasteiger partial charge in [-0.3, -0.25) is 0 Å². The molecule has 0 fully saturated rings. The van der Waals surface area contributed by atoms with Gasteiger partial charge in [-0.15, -0.1) is 23.7 Å². The van der Waals surface area contributed by atoms with Crippen molar-refractivity contribution in [1.82, 2.24) is 4.90 Å². The van der Waals surface area contributed by atoms with Gasteiger partial charge in [0.15, 0.2) is 0 Å². The molecule has 0 amide bonds. The molecule has 0 spiro atoms. The van der Waals surface area contributed by atoms with Gasteiger partial charge in [-0.25, -0.2) is 0 Å². The first-order valence-corrected chi connectivity index (χ1v) is 6.55. The number of hydrogen-bond donors (Lipinski definition) is 0. The average molecular weight is 275 g/mol. The molecule has 0 unspecified atom stereocenters. The summed E-state index contributed by atoms with van der Waals surface area (Å²) in [6, 6.07) is 2.16. The average Bonchev–Trinajstić information content (AvgIpc) is 2.72. The first-order chi connectivity index (χ1) is 7.77. The molecule has 0 saturated heterocycles. The van der Waals surface area contributed by atoms with Crippen molar-refractivity contribution < 1.29 is 4.84 Å². The maximum atomic E-state index is 5.36. The number of hydrogen-bond acceptors (Lipinski definition) is 4. The lowest BCUT2D eigenvalue weighted by molar-refractivity contribution is 0.125. The molecule has 1 aliphatic carbocycles. The van der Waals surface area contributed by atoms with Gasteiger partial charge < -0.3 is 9.74 Å². The summed E-state index contributed by atoms with van der Waals surface area (Å²) < 4.78 is 0. The van der Waals surface area contributed by atoms with Gasteiger partial charge in [-0.1, -0.05) is 5.16 Å². The molecule has 0 saturated carbocycles. The van der Waals surface area contributed by atoms with Crippen LogP contribution in [0.3, 0.4) is 0 Å². The number of oxime groups is 1. The van der Waals surface area contributed by atoms with Crippen LogP contribution in [0.5, 0.6) is 0 Å². The zero-order valence-electron chi connectivity index (χ0n) is 10.3. The standard InChI is InChI=1S/C12H18N2OS.ClH/c1-14(2)7-8-15-13-11-4-3-5-12-10(11)6-9-16-12;/h6,9H,3-5,7-8H2,1-2H3;1H. The van der Waals surface area contributed by atoms with Crippen LogP contribution >= 0.6 is 23.7 Å². The molecule has 17 heavy (non-hydrogen) atoms. The Hall–Kier alpha value is -0.580. The van der Waals surface area contributed by atoms with E-state index in [0.29, 0.717) is 6.61 Å². The predicted octanol–water partition coefficient (Wildman–Crippen LogP) is 2.79. The molecule has 0 radical (unpaired) electrons. The third-order valence-corrected chi connectivity index (χ3v) is 3.66. The second-order valence-corrected chi connectivity index (χ2v) is 5.29. The Morgan fingerprint density at radius 1 is 1.41 bits per heavy atom. The SMILES string of the molecule is CN(C)CCON=C1CCCc2sccc21.Cl. The largest absolute Gasteiger partial charge is 0.394 e. The van der Waals surface area contributed by atoms with Gasteiger partial charge in [-0.05, 0) is 44.8 Å². The Bertz CT molecular complexity index is 376. The van der Waals surface area contributed by atoms with E-state index in [1.54, 1.807) is 0 Å². The summed E-state index contributed by atoms with van der Waals surface area (Å²) in [5.41, 5.74) is 2.43. The highest BCUT2D eigenvalue weighted by atomic mass is 35.5. The molecule has 0 atom stereocenters. The third-order valence-electron chi connectivity index (χ3n) is 2.68. The number of halogens is 1. The zero-order valence-corrected chi connectivity index (χ0v) is 11.9. The number of fused-ring (bicyclic) bond motifs is 1. The van der Waals surface area contributed by atoms with Crippen LogP contribution in [0.15, 0.2) is 16.6 Å². The van der Waals surface area contributed by atoms with E-state index < -0.39 is 0 Å². The molecular weight excluding hydrogens is 256 g/mol. The summed E-state index contributed by atoms with van der Waals surface area (Å²) in [5.74, 6) is 0. The van der Waals surface area contributed by atoms with Gasteiger partial charge in [-0.2, -0.15) is 0 Å². The lowest BCUT2D eigenvalue weighted by atomic mass is 9.97. The number of likely N-dealkylation sites (N-methyl/N-ethyl adjacent to an activating group) is 1. The first kappa shape index (κ1) is 14.5.